The third-order valence-corrected chi connectivity index (χ3v) is 2.38. The number of imidazole rings is 1. The van der Waals surface area contributed by atoms with E-state index in [9.17, 15) is 9.59 Å². The maximum absolute atomic E-state index is 11.6. The highest BCUT2D eigenvalue weighted by Gasteiger charge is 2.16. The number of aryl methyl sites for hydroxylation is 1. The van der Waals surface area contributed by atoms with Crippen LogP contribution >= 0.6 is 0 Å². The van der Waals surface area contributed by atoms with Crippen LogP contribution in [0.4, 0.5) is 4.79 Å². The Morgan fingerprint density at radius 3 is 2.78 bits per heavy atom. The Kier molecular flexibility index (Phi) is 4.67. The van der Waals surface area contributed by atoms with E-state index in [0.29, 0.717) is 12.4 Å². The summed E-state index contributed by atoms with van der Waals surface area (Å²) in [5, 5.41) is 19.8. The summed E-state index contributed by atoms with van der Waals surface area (Å²) in [5.74, 6) is -0.673. The van der Waals surface area contributed by atoms with Gasteiger partial charge in [0.05, 0.1) is 13.1 Å². The second-order valence-corrected chi connectivity index (χ2v) is 3.85. The summed E-state index contributed by atoms with van der Waals surface area (Å²) >= 11 is 0. The molecule has 2 amide bonds. The molecule has 0 saturated heterocycles. The van der Waals surface area contributed by atoms with E-state index in [0.717, 1.165) is 0 Å². The molecule has 0 fully saturated rings. The van der Waals surface area contributed by atoms with Crippen molar-refractivity contribution in [2.45, 2.75) is 12.6 Å². The number of hydrogen-bond donors (Lipinski definition) is 3. The van der Waals surface area contributed by atoms with Gasteiger partial charge in [-0.2, -0.15) is 0 Å². The van der Waals surface area contributed by atoms with Crippen molar-refractivity contribution in [2.24, 2.45) is 7.05 Å². The number of aliphatic hydroxyl groups excluding tert-OH is 1. The molecular weight excluding hydrogens is 240 g/mol. The van der Waals surface area contributed by atoms with Gasteiger partial charge in [0.1, 0.15) is 5.82 Å². The number of nitrogens with zero attached hydrogens (tertiary/aromatic N) is 3. The Morgan fingerprint density at radius 2 is 2.28 bits per heavy atom. The highest BCUT2D eigenvalue weighted by atomic mass is 16.4. The van der Waals surface area contributed by atoms with Crippen LogP contribution in [-0.2, 0) is 18.4 Å². The number of aromatic nitrogens is 2. The zero-order valence-corrected chi connectivity index (χ0v) is 10.2. The minimum Gasteiger partial charge on any atom is -0.479 e. The Bertz CT molecular complexity index is 431. The lowest BCUT2D eigenvalue weighted by Gasteiger charge is -2.18. The van der Waals surface area contributed by atoms with E-state index in [2.05, 4.69) is 10.3 Å². The Morgan fingerprint density at radius 1 is 1.61 bits per heavy atom. The third-order valence-electron chi connectivity index (χ3n) is 2.38. The van der Waals surface area contributed by atoms with E-state index in [1.165, 1.54) is 4.90 Å². The maximum Gasteiger partial charge on any atom is 0.334 e. The zero-order chi connectivity index (χ0) is 13.7. The molecule has 3 N–H and O–H groups in total. The quantitative estimate of drug-likeness (QED) is 0.626. The molecule has 18 heavy (non-hydrogen) atoms. The Labute approximate surface area is 104 Å². The highest BCUT2D eigenvalue weighted by molar-refractivity contribution is 5.76. The van der Waals surface area contributed by atoms with Crippen LogP contribution in [0, 0.1) is 0 Å². The molecule has 0 aliphatic rings. The van der Waals surface area contributed by atoms with E-state index in [-0.39, 0.29) is 6.54 Å². The maximum atomic E-state index is 11.6. The molecule has 0 saturated carbocycles. The molecule has 0 aliphatic heterocycles. The van der Waals surface area contributed by atoms with Gasteiger partial charge < -0.3 is 25.0 Å². The number of carboxylic acids is 1. The molecular formula is C10H16N4O4. The molecule has 8 heteroatoms. The van der Waals surface area contributed by atoms with E-state index in [1.54, 1.807) is 24.0 Å². The number of aliphatic hydroxyl groups is 1. The van der Waals surface area contributed by atoms with Gasteiger partial charge in [-0.05, 0) is 0 Å². The number of carbonyl (C=O) groups excluding carboxylic acids is 1. The average molecular weight is 256 g/mol. The molecule has 1 aromatic rings. The summed E-state index contributed by atoms with van der Waals surface area (Å²) in [6.45, 7) is -0.0441. The van der Waals surface area contributed by atoms with Gasteiger partial charge in [-0.3, -0.25) is 0 Å². The molecule has 0 aliphatic carbocycles. The van der Waals surface area contributed by atoms with E-state index in [1.807, 2.05) is 7.05 Å². The molecule has 0 aromatic carbocycles. The van der Waals surface area contributed by atoms with Gasteiger partial charge in [-0.25, -0.2) is 14.6 Å². The van der Waals surface area contributed by atoms with Crippen LogP contribution in [0.25, 0.3) is 0 Å². The predicted octanol–water partition coefficient (Wildman–Crippen LogP) is -0.993. The number of carbonyl (C=O) groups is 2. The van der Waals surface area contributed by atoms with Crippen molar-refractivity contribution >= 4 is 12.0 Å². The fraction of sp³-hybridized carbons (Fsp3) is 0.500. The van der Waals surface area contributed by atoms with Gasteiger partial charge in [0.2, 0.25) is 0 Å². The van der Waals surface area contributed by atoms with Crippen LogP contribution in [0.3, 0.4) is 0 Å². The highest BCUT2D eigenvalue weighted by Crippen LogP contribution is 1.99. The van der Waals surface area contributed by atoms with Crippen LogP contribution in [0.5, 0.6) is 0 Å². The van der Waals surface area contributed by atoms with Crippen molar-refractivity contribution < 1.29 is 19.8 Å². The predicted molar refractivity (Wildman–Crippen MR) is 61.7 cm³/mol. The van der Waals surface area contributed by atoms with Gasteiger partial charge in [0.15, 0.2) is 6.10 Å². The normalized spacial score (nSPS) is 11.9. The summed E-state index contributed by atoms with van der Waals surface area (Å²) in [4.78, 5) is 27.3. The second kappa shape index (κ2) is 6.01. The minimum atomic E-state index is -1.60. The largest absolute Gasteiger partial charge is 0.479 e. The zero-order valence-electron chi connectivity index (χ0n) is 10.2. The number of hydrogen-bond acceptors (Lipinski definition) is 4. The monoisotopic (exact) mass is 256 g/mol. The molecule has 1 heterocycles. The van der Waals surface area contributed by atoms with Crippen molar-refractivity contribution in [2.75, 3.05) is 13.6 Å². The van der Waals surface area contributed by atoms with E-state index >= 15 is 0 Å². The first-order chi connectivity index (χ1) is 8.41. The fourth-order valence-corrected chi connectivity index (χ4v) is 1.24. The molecule has 0 radical (unpaired) electrons. The second-order valence-electron chi connectivity index (χ2n) is 3.85. The van der Waals surface area contributed by atoms with Crippen LogP contribution < -0.4 is 5.32 Å². The molecule has 1 rings (SSSR count). The minimum absolute atomic E-state index is 0.290. The van der Waals surface area contributed by atoms with Crippen molar-refractivity contribution in [3.63, 3.8) is 0 Å². The number of amides is 2. The topological polar surface area (TPSA) is 108 Å². The Hall–Kier alpha value is -2.09. The van der Waals surface area contributed by atoms with Crippen molar-refractivity contribution in [1.82, 2.24) is 19.8 Å². The number of rotatable bonds is 5. The van der Waals surface area contributed by atoms with Gasteiger partial charge in [0, 0.05) is 26.5 Å². The molecule has 0 unspecified atom stereocenters. The van der Waals surface area contributed by atoms with Gasteiger partial charge in [0.25, 0.3) is 0 Å². The van der Waals surface area contributed by atoms with E-state index < -0.39 is 18.1 Å². The number of carboxylic acid groups (broad SMARTS) is 1. The summed E-state index contributed by atoms with van der Waals surface area (Å²) in [7, 11) is 3.36. The first-order valence-electron chi connectivity index (χ1n) is 5.28. The number of nitrogens with one attached hydrogen (secondary N) is 1. The molecule has 100 valence electrons. The standard InChI is InChI=1S/C10H16N4O4/c1-13-4-3-11-8(13)6-14(2)10(18)12-5-7(15)9(16)17/h3-4,7,15H,5-6H2,1-2H3,(H,12,18)(H,16,17)/t7-/m0/s1. The summed E-state index contributed by atoms with van der Waals surface area (Å²) in [5.41, 5.74) is 0. The molecule has 0 bridgehead atoms. The van der Waals surface area contributed by atoms with Crippen LogP contribution in [0.1, 0.15) is 5.82 Å². The first kappa shape index (κ1) is 14.0. The van der Waals surface area contributed by atoms with Crippen molar-refractivity contribution in [3.8, 4) is 0 Å². The molecule has 1 aromatic heterocycles. The summed E-state index contributed by atoms with van der Waals surface area (Å²) < 4.78 is 1.77. The molecule has 8 nitrogen and oxygen atoms in total. The first-order valence-corrected chi connectivity index (χ1v) is 5.28. The van der Waals surface area contributed by atoms with Crippen molar-refractivity contribution in [1.29, 1.82) is 0 Å². The molecule has 1 atom stereocenters. The van der Waals surface area contributed by atoms with Gasteiger partial charge in [-0.1, -0.05) is 0 Å². The lowest BCUT2D eigenvalue weighted by Crippen LogP contribution is -2.42. The fourth-order valence-electron chi connectivity index (χ4n) is 1.24. The van der Waals surface area contributed by atoms with Crippen LogP contribution in [0.2, 0.25) is 0 Å². The van der Waals surface area contributed by atoms with Gasteiger partial charge >= 0.3 is 12.0 Å². The third kappa shape index (κ3) is 3.74. The SMILES string of the molecule is CN(Cc1nccn1C)C(=O)NC[C@H](O)C(=O)O. The van der Waals surface area contributed by atoms with Crippen molar-refractivity contribution in [3.05, 3.63) is 18.2 Å². The van der Waals surface area contributed by atoms with E-state index in [4.69, 9.17) is 10.2 Å². The Balaban J connectivity index is 2.42. The molecule has 0 spiro atoms. The number of aliphatic carboxylic acids is 1. The lowest BCUT2D eigenvalue weighted by molar-refractivity contribution is -0.146. The lowest BCUT2D eigenvalue weighted by atomic mass is 10.3. The van der Waals surface area contributed by atoms with Crippen LogP contribution in [-0.4, -0.2) is 56.4 Å². The summed E-state index contributed by atoms with van der Waals surface area (Å²) in [6, 6.07) is -0.474. The van der Waals surface area contributed by atoms with Crippen LogP contribution in [0.15, 0.2) is 12.4 Å². The smallest absolute Gasteiger partial charge is 0.334 e. The average Bonchev–Trinajstić information content (AvgIpc) is 2.71. The summed E-state index contributed by atoms with van der Waals surface area (Å²) in [6.07, 6.45) is 1.78. The van der Waals surface area contributed by atoms with Gasteiger partial charge in [-0.15, -0.1) is 0 Å². The number of urea groups is 1.